The molecule has 4 heteroatoms. The molecule has 1 aromatic carbocycles. The average molecular weight is 284 g/mol. The second kappa shape index (κ2) is 7.74. The maximum Gasteiger partial charge on any atom is 0.225 e. The van der Waals surface area contributed by atoms with Gasteiger partial charge < -0.3 is 10.2 Å². The van der Waals surface area contributed by atoms with Crippen molar-refractivity contribution >= 4 is 5.95 Å². The summed E-state index contributed by atoms with van der Waals surface area (Å²) in [7, 11) is 2.02. The Morgan fingerprint density at radius 3 is 2.52 bits per heavy atom. The largest absolute Gasteiger partial charge is 0.340 e. The van der Waals surface area contributed by atoms with Crippen molar-refractivity contribution in [3.63, 3.8) is 0 Å². The van der Waals surface area contributed by atoms with Crippen molar-refractivity contribution in [2.45, 2.75) is 33.4 Å². The van der Waals surface area contributed by atoms with Crippen molar-refractivity contribution < 1.29 is 0 Å². The minimum atomic E-state index is 0.762. The molecule has 2 aromatic rings. The van der Waals surface area contributed by atoms with E-state index in [1.165, 1.54) is 11.1 Å². The topological polar surface area (TPSA) is 41.1 Å². The van der Waals surface area contributed by atoms with Crippen molar-refractivity contribution in [2.75, 3.05) is 18.5 Å². The van der Waals surface area contributed by atoms with Gasteiger partial charge in [-0.3, -0.25) is 0 Å². The fourth-order valence-corrected chi connectivity index (χ4v) is 2.16. The molecule has 21 heavy (non-hydrogen) atoms. The molecule has 4 nitrogen and oxygen atoms in total. The van der Waals surface area contributed by atoms with Gasteiger partial charge in [0.15, 0.2) is 0 Å². The first-order chi connectivity index (χ1) is 10.2. The Hall–Kier alpha value is -1.94. The van der Waals surface area contributed by atoms with Crippen LogP contribution in [-0.2, 0) is 13.1 Å². The lowest BCUT2D eigenvalue weighted by molar-refractivity contribution is 0.671. The van der Waals surface area contributed by atoms with Crippen LogP contribution in [0, 0.1) is 6.92 Å². The summed E-state index contributed by atoms with van der Waals surface area (Å²) in [5, 5.41) is 3.35. The Kier molecular flexibility index (Phi) is 5.69. The Labute approximate surface area is 127 Å². The monoisotopic (exact) mass is 284 g/mol. The fraction of sp³-hybridized carbons (Fsp3) is 0.412. The summed E-state index contributed by atoms with van der Waals surface area (Å²) in [6, 6.07) is 8.41. The molecule has 0 spiro atoms. The number of anilines is 1. The van der Waals surface area contributed by atoms with Gasteiger partial charge in [0.25, 0.3) is 0 Å². The van der Waals surface area contributed by atoms with E-state index in [4.69, 9.17) is 0 Å². The average Bonchev–Trinajstić information content (AvgIpc) is 2.50. The summed E-state index contributed by atoms with van der Waals surface area (Å²) in [6.45, 7) is 6.96. The molecule has 0 aliphatic carbocycles. The highest BCUT2D eigenvalue weighted by atomic mass is 15.2. The van der Waals surface area contributed by atoms with E-state index < -0.39 is 0 Å². The van der Waals surface area contributed by atoms with E-state index in [1.54, 1.807) is 0 Å². The van der Waals surface area contributed by atoms with Crippen molar-refractivity contribution in [1.29, 1.82) is 0 Å². The molecular weight excluding hydrogens is 260 g/mol. The number of benzene rings is 1. The number of nitrogens with one attached hydrogen (secondary N) is 1. The second-order valence-electron chi connectivity index (χ2n) is 5.35. The van der Waals surface area contributed by atoms with Crippen LogP contribution < -0.4 is 10.2 Å². The molecule has 0 saturated carbocycles. The molecule has 2 rings (SSSR count). The Bertz CT molecular complexity index is 551. The van der Waals surface area contributed by atoms with Gasteiger partial charge in [-0.1, -0.05) is 31.2 Å². The molecule has 0 aliphatic rings. The molecule has 1 N–H and O–H groups in total. The van der Waals surface area contributed by atoms with E-state index in [0.717, 1.165) is 37.6 Å². The minimum absolute atomic E-state index is 0.762. The summed E-state index contributed by atoms with van der Waals surface area (Å²) in [4.78, 5) is 11.0. The van der Waals surface area contributed by atoms with Crippen molar-refractivity contribution in [3.8, 4) is 0 Å². The smallest absolute Gasteiger partial charge is 0.225 e. The first-order valence-corrected chi connectivity index (χ1v) is 7.48. The molecule has 0 atom stereocenters. The van der Waals surface area contributed by atoms with Gasteiger partial charge in [0.05, 0.1) is 0 Å². The van der Waals surface area contributed by atoms with Crippen LogP contribution in [0.5, 0.6) is 0 Å². The first kappa shape index (κ1) is 15.4. The summed E-state index contributed by atoms with van der Waals surface area (Å²) >= 11 is 0. The Balaban J connectivity index is 1.96. The zero-order chi connectivity index (χ0) is 15.1. The van der Waals surface area contributed by atoms with Gasteiger partial charge in [0, 0.05) is 38.1 Å². The Morgan fingerprint density at radius 1 is 1.14 bits per heavy atom. The molecule has 1 heterocycles. The predicted molar refractivity (Wildman–Crippen MR) is 87.3 cm³/mol. The molecule has 0 fully saturated rings. The lowest BCUT2D eigenvalue weighted by atomic mass is 10.1. The zero-order valence-electron chi connectivity index (χ0n) is 13.1. The Morgan fingerprint density at radius 2 is 1.86 bits per heavy atom. The van der Waals surface area contributed by atoms with E-state index in [0.29, 0.717) is 0 Å². The highest BCUT2D eigenvalue weighted by Gasteiger charge is 2.06. The summed E-state index contributed by atoms with van der Waals surface area (Å²) in [5.41, 5.74) is 3.72. The SMILES string of the molecule is CCCNCc1cnc(N(C)Cc2ccccc2C)nc1. The molecule has 0 saturated heterocycles. The van der Waals surface area contributed by atoms with E-state index >= 15 is 0 Å². The van der Waals surface area contributed by atoms with Crippen LogP contribution in [0.25, 0.3) is 0 Å². The normalized spacial score (nSPS) is 10.6. The quantitative estimate of drug-likeness (QED) is 0.794. The summed E-state index contributed by atoms with van der Waals surface area (Å²) in [6.07, 6.45) is 4.94. The van der Waals surface area contributed by atoms with Gasteiger partial charge in [-0.05, 0) is 31.0 Å². The zero-order valence-corrected chi connectivity index (χ0v) is 13.1. The number of aromatic nitrogens is 2. The van der Waals surface area contributed by atoms with Gasteiger partial charge in [-0.25, -0.2) is 9.97 Å². The molecule has 112 valence electrons. The van der Waals surface area contributed by atoms with Gasteiger partial charge in [0.1, 0.15) is 0 Å². The van der Waals surface area contributed by atoms with E-state index in [2.05, 4.69) is 58.3 Å². The maximum absolute atomic E-state index is 4.46. The molecule has 0 radical (unpaired) electrons. The lowest BCUT2D eigenvalue weighted by Gasteiger charge is -2.18. The molecule has 0 aliphatic heterocycles. The van der Waals surface area contributed by atoms with Crippen LogP contribution in [0.2, 0.25) is 0 Å². The second-order valence-corrected chi connectivity index (χ2v) is 5.35. The van der Waals surface area contributed by atoms with Gasteiger partial charge in [-0.15, -0.1) is 0 Å². The van der Waals surface area contributed by atoms with Crippen LogP contribution in [0.3, 0.4) is 0 Å². The standard InChI is InChI=1S/C17H24N4/c1-4-9-18-10-15-11-19-17(20-12-15)21(3)13-16-8-6-5-7-14(16)2/h5-8,11-12,18H,4,9-10,13H2,1-3H3. The molecule has 0 unspecified atom stereocenters. The van der Waals surface area contributed by atoms with Crippen LogP contribution in [0.4, 0.5) is 5.95 Å². The number of hydrogen-bond donors (Lipinski definition) is 1. The predicted octanol–water partition coefficient (Wildman–Crippen LogP) is 2.92. The molecular formula is C17H24N4. The molecule has 0 bridgehead atoms. The third kappa shape index (κ3) is 4.53. The van der Waals surface area contributed by atoms with Crippen molar-refractivity contribution in [2.24, 2.45) is 0 Å². The van der Waals surface area contributed by atoms with Gasteiger partial charge in [0.2, 0.25) is 5.95 Å². The highest BCUT2D eigenvalue weighted by Crippen LogP contribution is 2.13. The highest BCUT2D eigenvalue weighted by molar-refractivity contribution is 5.34. The number of aryl methyl sites for hydroxylation is 1. The van der Waals surface area contributed by atoms with E-state index in [1.807, 2.05) is 19.4 Å². The van der Waals surface area contributed by atoms with Crippen LogP contribution in [0.1, 0.15) is 30.0 Å². The maximum atomic E-state index is 4.46. The lowest BCUT2D eigenvalue weighted by Crippen LogP contribution is -2.20. The van der Waals surface area contributed by atoms with Crippen LogP contribution in [0.15, 0.2) is 36.7 Å². The van der Waals surface area contributed by atoms with Gasteiger partial charge in [-0.2, -0.15) is 0 Å². The van der Waals surface area contributed by atoms with E-state index in [-0.39, 0.29) is 0 Å². The fourth-order valence-electron chi connectivity index (χ4n) is 2.16. The number of nitrogens with zero attached hydrogens (tertiary/aromatic N) is 3. The van der Waals surface area contributed by atoms with E-state index in [9.17, 15) is 0 Å². The number of rotatable bonds is 7. The first-order valence-electron chi connectivity index (χ1n) is 7.48. The van der Waals surface area contributed by atoms with Crippen molar-refractivity contribution in [3.05, 3.63) is 53.3 Å². The molecule has 0 amide bonds. The van der Waals surface area contributed by atoms with Crippen molar-refractivity contribution in [1.82, 2.24) is 15.3 Å². The summed E-state index contributed by atoms with van der Waals surface area (Å²) in [5.74, 6) is 0.762. The minimum Gasteiger partial charge on any atom is -0.340 e. The summed E-state index contributed by atoms with van der Waals surface area (Å²) < 4.78 is 0. The van der Waals surface area contributed by atoms with Crippen LogP contribution >= 0.6 is 0 Å². The molecule has 1 aromatic heterocycles. The van der Waals surface area contributed by atoms with Crippen LogP contribution in [-0.4, -0.2) is 23.6 Å². The van der Waals surface area contributed by atoms with Gasteiger partial charge >= 0.3 is 0 Å². The number of hydrogen-bond acceptors (Lipinski definition) is 4. The third-order valence-electron chi connectivity index (χ3n) is 3.46. The third-order valence-corrected chi connectivity index (χ3v) is 3.46.